The average Bonchev–Trinajstić information content (AvgIpc) is 1.89. The van der Waals surface area contributed by atoms with Gasteiger partial charge in [0.15, 0.2) is 8.69 Å². The molecular formula is C7H15AlO2P. The van der Waals surface area contributed by atoms with Gasteiger partial charge in [-0.2, -0.15) is 0 Å². The van der Waals surface area contributed by atoms with Gasteiger partial charge in [0.05, 0.1) is 5.60 Å². The Morgan fingerprint density at radius 2 is 1.82 bits per heavy atom. The Morgan fingerprint density at radius 1 is 1.27 bits per heavy atom. The van der Waals surface area contributed by atoms with Gasteiger partial charge in [-0.15, -0.1) is 0 Å². The van der Waals surface area contributed by atoms with Crippen LogP contribution < -0.4 is 0 Å². The second-order valence-electron chi connectivity index (χ2n) is 3.22. The minimum Gasteiger partial charge on any atom is -0.326 e. The van der Waals surface area contributed by atoms with Gasteiger partial charge in [0.1, 0.15) is 0 Å². The molecule has 1 atom stereocenters. The summed E-state index contributed by atoms with van der Waals surface area (Å²) in [5.41, 5.74) is -0.0463. The number of rotatable bonds is 2. The summed E-state index contributed by atoms with van der Waals surface area (Å²) >= 11 is 0. The van der Waals surface area contributed by atoms with E-state index in [2.05, 4.69) is 6.92 Å². The van der Waals surface area contributed by atoms with E-state index >= 15 is 0 Å². The Kier molecular flexibility index (Phi) is 5.74. The molecular weight excluding hydrogens is 174 g/mol. The lowest BCUT2D eigenvalue weighted by atomic mass is 9.87. The molecule has 0 aliphatic heterocycles. The third kappa shape index (κ3) is 3.76. The summed E-state index contributed by atoms with van der Waals surface area (Å²) in [7, 11) is -1.01. The van der Waals surface area contributed by atoms with E-state index in [0.29, 0.717) is 0 Å². The van der Waals surface area contributed by atoms with Gasteiger partial charge in [-0.25, -0.2) is 0 Å². The van der Waals surface area contributed by atoms with Crippen molar-refractivity contribution in [1.29, 1.82) is 0 Å². The molecule has 0 aromatic heterocycles. The lowest BCUT2D eigenvalue weighted by Gasteiger charge is -2.31. The molecule has 1 fully saturated rings. The third-order valence-electron chi connectivity index (χ3n) is 2.24. The minimum absolute atomic E-state index is 0. The SMILES string of the molecule is CC1(O[PH2]=O)CCCCC1.[Al]. The van der Waals surface area contributed by atoms with Crippen molar-refractivity contribution in [3.05, 3.63) is 0 Å². The van der Waals surface area contributed by atoms with Gasteiger partial charge >= 0.3 is 0 Å². The third-order valence-corrected chi connectivity index (χ3v) is 2.91. The van der Waals surface area contributed by atoms with Crippen LogP contribution in [-0.2, 0) is 9.09 Å². The summed E-state index contributed by atoms with van der Waals surface area (Å²) < 4.78 is 15.5. The maximum Gasteiger partial charge on any atom is 0.180 e. The Balaban J connectivity index is 0.000001000. The van der Waals surface area contributed by atoms with Crippen molar-refractivity contribution in [3.63, 3.8) is 0 Å². The molecule has 1 saturated carbocycles. The number of hydrogen-bond acceptors (Lipinski definition) is 2. The van der Waals surface area contributed by atoms with E-state index in [1.165, 1.54) is 19.3 Å². The van der Waals surface area contributed by atoms with Gasteiger partial charge < -0.3 is 4.52 Å². The second-order valence-corrected chi connectivity index (χ2v) is 3.65. The molecule has 1 rings (SSSR count). The van der Waals surface area contributed by atoms with Crippen LogP contribution in [0.15, 0.2) is 0 Å². The first-order valence-corrected chi connectivity index (χ1v) is 4.83. The van der Waals surface area contributed by atoms with Gasteiger partial charge in [-0.05, 0) is 19.8 Å². The molecule has 3 radical (unpaired) electrons. The molecule has 1 aliphatic rings. The first kappa shape index (κ1) is 11.7. The van der Waals surface area contributed by atoms with Crippen molar-refractivity contribution in [2.24, 2.45) is 0 Å². The highest BCUT2D eigenvalue weighted by Gasteiger charge is 2.26. The highest BCUT2D eigenvalue weighted by molar-refractivity contribution is 7.17. The monoisotopic (exact) mass is 189 g/mol. The zero-order valence-corrected chi connectivity index (χ0v) is 9.32. The fourth-order valence-electron chi connectivity index (χ4n) is 1.53. The van der Waals surface area contributed by atoms with E-state index in [4.69, 9.17) is 4.52 Å². The Bertz CT molecular complexity index is 124. The molecule has 63 valence electrons. The average molecular weight is 189 g/mol. The summed E-state index contributed by atoms with van der Waals surface area (Å²) in [6, 6.07) is 0. The predicted octanol–water partition coefficient (Wildman–Crippen LogP) is 2.02. The Labute approximate surface area is 80.1 Å². The molecule has 0 heterocycles. The van der Waals surface area contributed by atoms with E-state index in [0.717, 1.165) is 12.8 Å². The largest absolute Gasteiger partial charge is 0.326 e. The highest BCUT2D eigenvalue weighted by Crippen LogP contribution is 2.33. The van der Waals surface area contributed by atoms with Crippen molar-refractivity contribution in [2.45, 2.75) is 44.6 Å². The van der Waals surface area contributed by atoms with Crippen LogP contribution >= 0.6 is 8.69 Å². The molecule has 0 saturated heterocycles. The fourth-order valence-corrected chi connectivity index (χ4v) is 2.00. The van der Waals surface area contributed by atoms with Gasteiger partial charge in [-0.3, -0.25) is 4.57 Å². The second kappa shape index (κ2) is 5.38. The fraction of sp³-hybridized carbons (Fsp3) is 1.00. The zero-order chi connectivity index (χ0) is 7.45. The van der Waals surface area contributed by atoms with Crippen LogP contribution in [0.5, 0.6) is 0 Å². The van der Waals surface area contributed by atoms with Crippen LogP contribution in [0.25, 0.3) is 0 Å². The Hall–Kier alpha value is 0.722. The Morgan fingerprint density at radius 3 is 2.27 bits per heavy atom. The van der Waals surface area contributed by atoms with Crippen molar-refractivity contribution >= 4 is 26.0 Å². The van der Waals surface area contributed by atoms with Gasteiger partial charge in [0, 0.05) is 17.4 Å². The summed E-state index contributed by atoms with van der Waals surface area (Å²) in [6.07, 6.45) is 5.95. The maximum absolute atomic E-state index is 10.3. The quantitative estimate of drug-likeness (QED) is 0.490. The number of hydrogen-bond donors (Lipinski definition) is 0. The smallest absolute Gasteiger partial charge is 0.180 e. The molecule has 0 N–H and O–H groups in total. The van der Waals surface area contributed by atoms with Crippen LogP contribution in [0.1, 0.15) is 39.0 Å². The highest BCUT2D eigenvalue weighted by atomic mass is 31.1. The van der Waals surface area contributed by atoms with Crippen LogP contribution in [0.3, 0.4) is 0 Å². The van der Waals surface area contributed by atoms with E-state index in [1.54, 1.807) is 0 Å². The van der Waals surface area contributed by atoms with Crippen LogP contribution in [-0.4, -0.2) is 23.0 Å². The van der Waals surface area contributed by atoms with Crippen molar-refractivity contribution in [3.8, 4) is 0 Å². The summed E-state index contributed by atoms with van der Waals surface area (Å²) in [5, 5.41) is 0. The van der Waals surface area contributed by atoms with Gasteiger partial charge in [-0.1, -0.05) is 19.3 Å². The van der Waals surface area contributed by atoms with Gasteiger partial charge in [0.2, 0.25) is 0 Å². The molecule has 2 nitrogen and oxygen atoms in total. The van der Waals surface area contributed by atoms with Crippen LogP contribution in [0, 0.1) is 0 Å². The van der Waals surface area contributed by atoms with Gasteiger partial charge in [0.25, 0.3) is 0 Å². The maximum atomic E-state index is 10.3. The van der Waals surface area contributed by atoms with E-state index in [9.17, 15) is 4.57 Å². The predicted molar refractivity (Wildman–Crippen MR) is 48.7 cm³/mol. The molecule has 0 spiro atoms. The molecule has 0 aromatic rings. The minimum atomic E-state index is -1.01. The first-order chi connectivity index (χ1) is 4.77. The normalized spacial score (nSPS) is 23.4. The first-order valence-electron chi connectivity index (χ1n) is 3.88. The van der Waals surface area contributed by atoms with Crippen LogP contribution in [0.4, 0.5) is 0 Å². The summed E-state index contributed by atoms with van der Waals surface area (Å²) in [4.78, 5) is 0. The van der Waals surface area contributed by atoms with Crippen LogP contribution in [0.2, 0.25) is 0 Å². The van der Waals surface area contributed by atoms with E-state index in [-0.39, 0.29) is 23.0 Å². The topological polar surface area (TPSA) is 26.3 Å². The summed E-state index contributed by atoms with van der Waals surface area (Å²) in [6.45, 7) is 2.07. The molecule has 11 heavy (non-hydrogen) atoms. The van der Waals surface area contributed by atoms with Crippen molar-refractivity contribution in [1.82, 2.24) is 0 Å². The van der Waals surface area contributed by atoms with Crippen molar-refractivity contribution in [2.75, 3.05) is 0 Å². The van der Waals surface area contributed by atoms with E-state index in [1.807, 2.05) is 0 Å². The van der Waals surface area contributed by atoms with E-state index < -0.39 is 8.69 Å². The standard InChI is InChI=1S/C7H15O2P.Al/c1-7(9-10-8)5-3-2-4-6-7;/h2-6,10H2,1H3;. The molecule has 1 unspecified atom stereocenters. The lowest BCUT2D eigenvalue weighted by molar-refractivity contribution is 0.0627. The molecule has 0 amide bonds. The lowest BCUT2D eigenvalue weighted by Crippen LogP contribution is -2.27. The molecule has 0 aromatic carbocycles. The summed E-state index contributed by atoms with van der Waals surface area (Å²) in [5.74, 6) is 0. The van der Waals surface area contributed by atoms with Crippen molar-refractivity contribution < 1.29 is 9.09 Å². The molecule has 0 bridgehead atoms. The molecule has 1 aliphatic carbocycles. The zero-order valence-electron chi connectivity index (χ0n) is 7.01. The molecule has 4 heteroatoms.